The molecule has 0 aromatic rings. The number of carbonyl (C=O) groups is 3. The molecule has 0 spiro atoms. The van der Waals surface area contributed by atoms with E-state index in [2.05, 4.69) is 130 Å². The summed E-state index contributed by atoms with van der Waals surface area (Å²) in [6.45, 7) is 6.34. The Hall–Kier alpha value is -3.93. The zero-order valence-electron chi connectivity index (χ0n) is 43.4. The van der Waals surface area contributed by atoms with Crippen LogP contribution in [0.2, 0.25) is 0 Å². The molecule has 0 aliphatic carbocycles. The molecule has 1 unspecified atom stereocenters. The van der Waals surface area contributed by atoms with Crippen molar-refractivity contribution in [1.82, 2.24) is 0 Å². The molecule has 0 fully saturated rings. The Bertz CT molecular complexity index is 1390. The summed E-state index contributed by atoms with van der Waals surface area (Å²) in [5.41, 5.74) is 0. The summed E-state index contributed by atoms with van der Waals surface area (Å²) >= 11 is 0. The molecule has 6 nitrogen and oxygen atoms in total. The molecule has 0 saturated carbocycles. The van der Waals surface area contributed by atoms with E-state index in [4.69, 9.17) is 14.2 Å². The van der Waals surface area contributed by atoms with Crippen molar-refractivity contribution in [3.05, 3.63) is 109 Å². The highest BCUT2D eigenvalue weighted by molar-refractivity contribution is 5.71. The second-order valence-corrected chi connectivity index (χ2v) is 17.7. The minimum atomic E-state index is -0.801. The summed E-state index contributed by atoms with van der Waals surface area (Å²) in [7, 11) is 0. The van der Waals surface area contributed by atoms with Crippen molar-refractivity contribution in [3.63, 3.8) is 0 Å². The van der Waals surface area contributed by atoms with Gasteiger partial charge in [0.15, 0.2) is 6.10 Å². The molecule has 0 aliphatic heterocycles. The fraction of sp³-hybridized carbons (Fsp3) is 0.656. The molecule has 0 bridgehead atoms. The Morgan fingerprint density at radius 1 is 0.313 bits per heavy atom. The largest absolute Gasteiger partial charge is 0.462 e. The van der Waals surface area contributed by atoms with Gasteiger partial charge >= 0.3 is 17.9 Å². The number of rotatable bonds is 48. The van der Waals surface area contributed by atoms with E-state index in [1.807, 2.05) is 0 Å². The standard InChI is InChI=1S/C61H100O6/c1-4-7-10-13-16-19-21-23-25-26-27-28-29-30-31-32-33-34-36-37-39-42-45-48-51-54-60(63)66-57-58(56-65-59(62)53-50-47-44-41-18-15-12-9-6-3)67-61(64)55-52-49-46-43-40-38-35-24-22-20-17-14-11-8-5-2/h7-8,10-11,16-17,19-20,23-25,27-28,30-31,35,40,43,58H,4-6,9,12-15,18,21-22,26,29,32-34,36-39,41-42,44-57H2,1-3H3/b10-7-,11-8-,19-16-,20-17-,25-23-,28-27-,31-30-,35-24-,43-40-. The topological polar surface area (TPSA) is 78.9 Å². The number of esters is 3. The summed E-state index contributed by atoms with van der Waals surface area (Å²) in [4.78, 5) is 38.0. The van der Waals surface area contributed by atoms with Crippen LogP contribution in [0.4, 0.5) is 0 Å². The number of ether oxygens (including phenoxy) is 3. The van der Waals surface area contributed by atoms with Crippen LogP contribution in [0.5, 0.6) is 0 Å². The highest BCUT2D eigenvalue weighted by Crippen LogP contribution is 2.14. The fourth-order valence-electron chi connectivity index (χ4n) is 7.22. The quantitative estimate of drug-likeness (QED) is 0.0262. The van der Waals surface area contributed by atoms with Crippen molar-refractivity contribution in [3.8, 4) is 0 Å². The Labute approximate surface area is 412 Å². The van der Waals surface area contributed by atoms with E-state index < -0.39 is 6.10 Å². The van der Waals surface area contributed by atoms with Crippen LogP contribution in [-0.4, -0.2) is 37.2 Å². The maximum Gasteiger partial charge on any atom is 0.306 e. The molecule has 0 saturated heterocycles. The molecule has 0 radical (unpaired) electrons. The maximum absolute atomic E-state index is 12.8. The van der Waals surface area contributed by atoms with Crippen LogP contribution in [0.3, 0.4) is 0 Å². The number of unbranched alkanes of at least 4 members (excludes halogenated alkanes) is 19. The summed E-state index contributed by atoms with van der Waals surface area (Å²) in [6.07, 6.45) is 73.7. The first-order chi connectivity index (χ1) is 33.0. The first kappa shape index (κ1) is 63.1. The van der Waals surface area contributed by atoms with Gasteiger partial charge in [-0.15, -0.1) is 0 Å². The van der Waals surface area contributed by atoms with E-state index in [1.165, 1.54) is 77.0 Å². The van der Waals surface area contributed by atoms with Crippen LogP contribution in [0.25, 0.3) is 0 Å². The van der Waals surface area contributed by atoms with E-state index in [1.54, 1.807) is 0 Å². The first-order valence-electron chi connectivity index (χ1n) is 27.4. The van der Waals surface area contributed by atoms with Crippen LogP contribution < -0.4 is 0 Å². The highest BCUT2D eigenvalue weighted by atomic mass is 16.6. The molecule has 0 rings (SSSR count). The zero-order chi connectivity index (χ0) is 48.6. The van der Waals surface area contributed by atoms with Gasteiger partial charge in [0, 0.05) is 19.3 Å². The van der Waals surface area contributed by atoms with Crippen molar-refractivity contribution in [1.29, 1.82) is 0 Å². The monoisotopic (exact) mass is 929 g/mol. The van der Waals surface area contributed by atoms with Gasteiger partial charge < -0.3 is 14.2 Å². The third-order valence-corrected chi connectivity index (χ3v) is 11.3. The Morgan fingerprint density at radius 3 is 0.940 bits per heavy atom. The van der Waals surface area contributed by atoms with Crippen molar-refractivity contribution in [2.24, 2.45) is 0 Å². The average molecular weight is 929 g/mol. The molecule has 0 N–H and O–H groups in total. The van der Waals surface area contributed by atoms with E-state index >= 15 is 0 Å². The zero-order valence-corrected chi connectivity index (χ0v) is 43.4. The Kier molecular flexibility index (Phi) is 51.5. The van der Waals surface area contributed by atoms with Crippen molar-refractivity contribution in [2.75, 3.05) is 13.2 Å². The van der Waals surface area contributed by atoms with Gasteiger partial charge in [-0.05, 0) is 103 Å². The van der Waals surface area contributed by atoms with Gasteiger partial charge in [0.05, 0.1) is 0 Å². The van der Waals surface area contributed by atoms with E-state index in [0.29, 0.717) is 19.3 Å². The second-order valence-electron chi connectivity index (χ2n) is 17.7. The SMILES string of the molecule is CC/C=C\C/C=C\C/C=C\C/C=C\C/C=C\CCCCCCCCCCCC(=O)OCC(COC(=O)CCCCCCCCCCC)OC(=O)CCCC/C=C\C/C=C\C/C=C\C/C=C\CC. The third-order valence-electron chi connectivity index (χ3n) is 11.3. The first-order valence-corrected chi connectivity index (χ1v) is 27.4. The molecule has 67 heavy (non-hydrogen) atoms. The predicted molar refractivity (Wildman–Crippen MR) is 288 cm³/mol. The predicted octanol–water partition coefficient (Wildman–Crippen LogP) is 18.3. The molecule has 380 valence electrons. The number of hydrogen-bond acceptors (Lipinski definition) is 6. The summed E-state index contributed by atoms with van der Waals surface area (Å²) in [5.74, 6) is -0.950. The smallest absolute Gasteiger partial charge is 0.306 e. The molecule has 0 aromatic carbocycles. The van der Waals surface area contributed by atoms with Gasteiger partial charge in [0.25, 0.3) is 0 Å². The molecular formula is C61H100O6. The second kappa shape index (κ2) is 54.7. The molecule has 0 heterocycles. The lowest BCUT2D eigenvalue weighted by Crippen LogP contribution is -2.30. The van der Waals surface area contributed by atoms with E-state index in [-0.39, 0.29) is 37.5 Å². The lowest BCUT2D eigenvalue weighted by atomic mass is 10.1. The average Bonchev–Trinajstić information content (AvgIpc) is 3.33. The molecule has 6 heteroatoms. The van der Waals surface area contributed by atoms with Crippen molar-refractivity contribution < 1.29 is 28.6 Å². The van der Waals surface area contributed by atoms with Crippen molar-refractivity contribution in [2.45, 2.75) is 245 Å². The van der Waals surface area contributed by atoms with Crippen LogP contribution in [0.15, 0.2) is 109 Å². The van der Waals surface area contributed by atoms with Gasteiger partial charge in [-0.2, -0.15) is 0 Å². The highest BCUT2D eigenvalue weighted by Gasteiger charge is 2.19. The number of carbonyl (C=O) groups excluding carboxylic acids is 3. The minimum Gasteiger partial charge on any atom is -0.462 e. The summed E-state index contributed by atoms with van der Waals surface area (Å²) in [6, 6.07) is 0. The number of hydrogen-bond donors (Lipinski definition) is 0. The van der Waals surface area contributed by atoms with Gasteiger partial charge in [-0.25, -0.2) is 0 Å². The Morgan fingerprint density at radius 2 is 0.582 bits per heavy atom. The van der Waals surface area contributed by atoms with E-state index in [0.717, 1.165) is 116 Å². The number of allylic oxidation sites excluding steroid dienone is 18. The lowest BCUT2D eigenvalue weighted by molar-refractivity contribution is -0.167. The van der Waals surface area contributed by atoms with Crippen LogP contribution in [-0.2, 0) is 28.6 Å². The molecule has 1 atom stereocenters. The van der Waals surface area contributed by atoms with Crippen molar-refractivity contribution >= 4 is 17.9 Å². The minimum absolute atomic E-state index is 0.0966. The van der Waals surface area contributed by atoms with Crippen LogP contribution in [0, 0.1) is 0 Å². The Balaban J connectivity index is 4.31. The van der Waals surface area contributed by atoms with Crippen LogP contribution in [0.1, 0.15) is 239 Å². The summed E-state index contributed by atoms with van der Waals surface area (Å²) < 4.78 is 16.7. The summed E-state index contributed by atoms with van der Waals surface area (Å²) in [5, 5.41) is 0. The maximum atomic E-state index is 12.8. The lowest BCUT2D eigenvalue weighted by Gasteiger charge is -2.18. The van der Waals surface area contributed by atoms with Crippen LogP contribution >= 0.6 is 0 Å². The third kappa shape index (κ3) is 52.9. The van der Waals surface area contributed by atoms with E-state index in [9.17, 15) is 14.4 Å². The fourth-order valence-corrected chi connectivity index (χ4v) is 7.22. The normalized spacial score (nSPS) is 12.9. The van der Waals surface area contributed by atoms with Gasteiger partial charge in [0.2, 0.25) is 0 Å². The molecule has 0 amide bonds. The van der Waals surface area contributed by atoms with Gasteiger partial charge in [-0.1, -0.05) is 226 Å². The molecule has 0 aromatic heterocycles. The molecular weight excluding hydrogens is 829 g/mol. The molecule has 0 aliphatic rings. The van der Waals surface area contributed by atoms with Gasteiger partial charge in [0.1, 0.15) is 13.2 Å². The van der Waals surface area contributed by atoms with Gasteiger partial charge in [-0.3, -0.25) is 14.4 Å².